The molecule has 2 fully saturated rings. The zero-order valence-electron chi connectivity index (χ0n) is 25.9. The maximum Gasteiger partial charge on any atom is 0.222 e. The van der Waals surface area contributed by atoms with E-state index in [0.717, 1.165) is 43.6 Å². The minimum atomic E-state index is -0.670. The molecule has 9 heteroatoms. The monoisotopic (exact) mass is 603 g/mol. The first-order chi connectivity index (χ1) is 21.2. The number of likely N-dealkylation sites (tertiary alicyclic amines) is 1. The van der Waals surface area contributed by atoms with Gasteiger partial charge in [0.05, 0.1) is 0 Å². The normalized spacial score (nSPS) is 18.5. The van der Waals surface area contributed by atoms with Crippen molar-refractivity contribution in [3.05, 3.63) is 78.1 Å². The van der Waals surface area contributed by atoms with E-state index in [2.05, 4.69) is 15.4 Å². The van der Waals surface area contributed by atoms with Crippen LogP contribution in [0.4, 0.5) is 4.39 Å². The van der Waals surface area contributed by atoms with Crippen molar-refractivity contribution in [2.45, 2.75) is 96.1 Å². The van der Waals surface area contributed by atoms with Gasteiger partial charge in [-0.2, -0.15) is 5.10 Å². The van der Waals surface area contributed by atoms with Gasteiger partial charge in [-0.25, -0.2) is 9.37 Å². The molecule has 1 aliphatic carbocycles. The van der Waals surface area contributed by atoms with Gasteiger partial charge in [0.25, 0.3) is 0 Å². The Morgan fingerprint density at radius 2 is 1.64 bits per heavy atom. The van der Waals surface area contributed by atoms with Gasteiger partial charge in [0.1, 0.15) is 24.2 Å². The number of nitrogens with one attached hydrogen (secondary N) is 1. The fourth-order valence-electron chi connectivity index (χ4n) is 7.75. The summed E-state index contributed by atoms with van der Waals surface area (Å²) in [5, 5.41) is 17.4. The molecule has 8 nitrogen and oxygen atoms in total. The molecule has 1 unspecified atom stereocenters. The van der Waals surface area contributed by atoms with Crippen molar-refractivity contribution in [1.82, 2.24) is 25.0 Å². The van der Waals surface area contributed by atoms with E-state index in [1.54, 1.807) is 30.6 Å². The molecule has 2 aromatic carbocycles. The molecule has 0 bridgehead atoms. The van der Waals surface area contributed by atoms with Gasteiger partial charge in [-0.3, -0.25) is 14.3 Å². The molecule has 2 N–H and O–H groups in total. The lowest BCUT2D eigenvalue weighted by Crippen LogP contribution is -2.51. The summed E-state index contributed by atoms with van der Waals surface area (Å²) in [6.45, 7) is 3.88. The van der Waals surface area contributed by atoms with Crippen LogP contribution in [0, 0.1) is 17.2 Å². The van der Waals surface area contributed by atoms with E-state index in [0.29, 0.717) is 38.0 Å². The lowest BCUT2D eigenvalue weighted by Gasteiger charge is -2.48. The summed E-state index contributed by atoms with van der Waals surface area (Å²) in [4.78, 5) is 32.2. The molecule has 1 saturated heterocycles. The summed E-state index contributed by atoms with van der Waals surface area (Å²) in [6, 6.07) is 13.4. The number of carbonyl (C=O) groups is 2. The average Bonchev–Trinajstić information content (AvgIpc) is 3.53. The molecule has 0 spiro atoms. The molecule has 2 heterocycles. The Kier molecular flexibility index (Phi) is 10.3. The number of hydrogen-bond acceptors (Lipinski definition) is 5. The first-order valence-electron chi connectivity index (χ1n) is 16.2. The second-order valence-corrected chi connectivity index (χ2v) is 13.1. The Balaban J connectivity index is 1.25. The Labute approximate surface area is 260 Å². The van der Waals surface area contributed by atoms with Crippen molar-refractivity contribution in [1.29, 1.82) is 0 Å². The highest BCUT2D eigenvalue weighted by Gasteiger charge is 2.43. The van der Waals surface area contributed by atoms with Crippen LogP contribution in [0.1, 0.15) is 82.3 Å². The van der Waals surface area contributed by atoms with E-state index < -0.39 is 5.54 Å². The zero-order chi connectivity index (χ0) is 31.0. The van der Waals surface area contributed by atoms with Crippen LogP contribution < -0.4 is 5.32 Å². The lowest BCUT2D eigenvalue weighted by atomic mass is 9.63. The van der Waals surface area contributed by atoms with Crippen LogP contribution in [0.5, 0.6) is 5.75 Å². The number of carbonyl (C=O) groups excluding carboxylic acids is 2. The number of benzene rings is 2. The number of phenolic OH excluding ortho intramolecular Hbond substituents is 1. The molecule has 2 aliphatic rings. The van der Waals surface area contributed by atoms with Gasteiger partial charge in [0, 0.05) is 38.5 Å². The Hall–Kier alpha value is -3.75. The number of phenols is 1. The maximum atomic E-state index is 13.7. The van der Waals surface area contributed by atoms with Crippen LogP contribution in [0.2, 0.25) is 0 Å². The Morgan fingerprint density at radius 3 is 2.23 bits per heavy atom. The molecule has 1 aliphatic heterocycles. The summed E-state index contributed by atoms with van der Waals surface area (Å²) < 4.78 is 15.7. The van der Waals surface area contributed by atoms with Crippen molar-refractivity contribution in [3.63, 3.8) is 0 Å². The quantitative estimate of drug-likeness (QED) is 0.271. The second kappa shape index (κ2) is 14.4. The van der Waals surface area contributed by atoms with Crippen molar-refractivity contribution >= 4 is 11.8 Å². The molecule has 1 atom stereocenters. The van der Waals surface area contributed by atoms with Crippen LogP contribution in [-0.2, 0) is 29.0 Å². The molecular formula is C35H46FN5O3. The van der Waals surface area contributed by atoms with E-state index in [4.69, 9.17) is 0 Å². The Bertz CT molecular complexity index is 1300. The first-order valence-corrected chi connectivity index (χ1v) is 16.2. The van der Waals surface area contributed by atoms with Crippen LogP contribution in [0.3, 0.4) is 0 Å². The summed E-state index contributed by atoms with van der Waals surface area (Å²) in [7, 11) is 0. The smallest absolute Gasteiger partial charge is 0.222 e. The summed E-state index contributed by atoms with van der Waals surface area (Å²) in [5.41, 5.74) is 1.35. The van der Waals surface area contributed by atoms with E-state index in [-0.39, 0.29) is 28.8 Å². The van der Waals surface area contributed by atoms with E-state index in [1.165, 1.54) is 51.2 Å². The highest BCUT2D eigenvalue weighted by Crippen LogP contribution is 2.47. The van der Waals surface area contributed by atoms with Crippen LogP contribution in [-0.4, -0.2) is 55.2 Å². The van der Waals surface area contributed by atoms with E-state index in [9.17, 15) is 19.1 Å². The SMILES string of the molecule is CC(=O)NC(CCCC(=O)N1CCC(Cn2cncn2)(C2CCCCC2)CC1)(Cc1ccc(O)cc1)Cc1ccc(F)cc1. The molecule has 3 aromatic rings. The minimum Gasteiger partial charge on any atom is -0.508 e. The van der Waals surface area contributed by atoms with Gasteiger partial charge in [0.2, 0.25) is 11.8 Å². The number of hydrogen-bond donors (Lipinski definition) is 2. The summed E-state index contributed by atoms with van der Waals surface area (Å²) in [6.07, 6.45) is 14.4. The molecule has 0 radical (unpaired) electrons. The fourth-order valence-corrected chi connectivity index (χ4v) is 7.75. The third-order valence-corrected chi connectivity index (χ3v) is 9.95. The first kappa shape index (κ1) is 31.7. The Morgan fingerprint density at radius 1 is 1.00 bits per heavy atom. The maximum absolute atomic E-state index is 13.7. The highest BCUT2D eigenvalue weighted by molar-refractivity contribution is 5.76. The lowest BCUT2D eigenvalue weighted by molar-refractivity contribution is -0.135. The van der Waals surface area contributed by atoms with Crippen LogP contribution >= 0.6 is 0 Å². The van der Waals surface area contributed by atoms with Gasteiger partial charge in [-0.1, -0.05) is 43.5 Å². The van der Waals surface area contributed by atoms with Crippen molar-refractivity contribution < 1.29 is 19.1 Å². The summed E-state index contributed by atoms with van der Waals surface area (Å²) >= 11 is 0. The number of amides is 2. The fraction of sp³-hybridized carbons (Fsp3) is 0.543. The summed E-state index contributed by atoms with van der Waals surface area (Å²) in [5.74, 6) is 0.532. The number of aromatic hydroxyl groups is 1. The van der Waals surface area contributed by atoms with Crippen molar-refractivity contribution in [2.24, 2.45) is 11.3 Å². The highest BCUT2D eigenvalue weighted by atomic mass is 19.1. The van der Waals surface area contributed by atoms with E-state index in [1.807, 2.05) is 28.0 Å². The van der Waals surface area contributed by atoms with Gasteiger partial charge in [0.15, 0.2) is 0 Å². The predicted octanol–water partition coefficient (Wildman–Crippen LogP) is 5.84. The molecule has 1 aromatic heterocycles. The second-order valence-electron chi connectivity index (χ2n) is 13.1. The van der Waals surface area contributed by atoms with E-state index >= 15 is 0 Å². The molecule has 236 valence electrons. The van der Waals surface area contributed by atoms with Crippen LogP contribution in [0.25, 0.3) is 0 Å². The third-order valence-electron chi connectivity index (χ3n) is 9.95. The number of nitrogens with zero attached hydrogens (tertiary/aromatic N) is 4. The predicted molar refractivity (Wildman–Crippen MR) is 167 cm³/mol. The minimum absolute atomic E-state index is 0.144. The number of halogens is 1. The van der Waals surface area contributed by atoms with Gasteiger partial charge in [-0.05, 0) is 98.1 Å². The third kappa shape index (κ3) is 8.24. The number of aromatic nitrogens is 3. The van der Waals surface area contributed by atoms with Gasteiger partial charge < -0.3 is 15.3 Å². The van der Waals surface area contributed by atoms with Gasteiger partial charge in [-0.15, -0.1) is 0 Å². The van der Waals surface area contributed by atoms with Crippen molar-refractivity contribution in [3.8, 4) is 5.75 Å². The molecule has 1 saturated carbocycles. The average molecular weight is 604 g/mol. The molecular weight excluding hydrogens is 557 g/mol. The standard InChI is InChI=1S/C35H46FN5O3/c1-27(42)39-35(22-28-9-13-31(36)14-10-28,23-29-11-15-32(43)16-12-29)17-5-8-33(44)40-20-18-34(19-21-40,24-41-26-37-25-38-41)30-6-3-2-4-7-30/h9-16,25-26,30,43H,2-8,17-24H2,1H3,(H,39,42). The molecule has 44 heavy (non-hydrogen) atoms. The largest absolute Gasteiger partial charge is 0.508 e. The topological polar surface area (TPSA) is 100 Å². The number of piperidine rings is 1. The number of rotatable bonds is 12. The molecule has 2 amide bonds. The van der Waals surface area contributed by atoms with Gasteiger partial charge >= 0.3 is 0 Å². The zero-order valence-corrected chi connectivity index (χ0v) is 25.9. The van der Waals surface area contributed by atoms with Crippen molar-refractivity contribution in [2.75, 3.05) is 13.1 Å². The van der Waals surface area contributed by atoms with Crippen LogP contribution in [0.15, 0.2) is 61.2 Å². The molecule has 5 rings (SSSR count).